The Morgan fingerprint density at radius 1 is 0.691 bits per heavy atom. The quantitative estimate of drug-likeness (QED) is 0.190. The third-order valence-electron chi connectivity index (χ3n) is 14.1. The van der Waals surface area contributed by atoms with Crippen LogP contribution in [0, 0.1) is 0 Å². The van der Waals surface area contributed by atoms with Crippen molar-refractivity contribution in [3.8, 4) is 0 Å². The monoisotopic (exact) mass is 718 g/mol. The van der Waals surface area contributed by atoms with Gasteiger partial charge in [0.2, 0.25) is 0 Å². The van der Waals surface area contributed by atoms with Gasteiger partial charge in [-0.05, 0) is 155 Å². The second-order valence-electron chi connectivity index (χ2n) is 17.5. The van der Waals surface area contributed by atoms with E-state index in [2.05, 4.69) is 146 Å². The summed E-state index contributed by atoms with van der Waals surface area (Å²) in [7, 11) is 0. The Kier molecular flexibility index (Phi) is 8.32. The summed E-state index contributed by atoms with van der Waals surface area (Å²) in [5.74, 6) is 0. The molecule has 0 amide bonds. The van der Waals surface area contributed by atoms with Gasteiger partial charge in [-0.2, -0.15) is 0 Å². The fraction of sp³-hybridized carbons (Fsp3) is 0.321. The highest BCUT2D eigenvalue weighted by Crippen LogP contribution is 2.58. The van der Waals surface area contributed by atoms with E-state index in [1.807, 2.05) is 0 Å². The van der Waals surface area contributed by atoms with Crippen LogP contribution in [0.15, 0.2) is 139 Å². The van der Waals surface area contributed by atoms with E-state index in [1.165, 1.54) is 120 Å². The summed E-state index contributed by atoms with van der Waals surface area (Å²) < 4.78 is 0. The van der Waals surface area contributed by atoms with Gasteiger partial charge < -0.3 is 9.80 Å². The molecule has 0 saturated heterocycles. The van der Waals surface area contributed by atoms with Gasteiger partial charge in [-0.1, -0.05) is 119 Å². The van der Waals surface area contributed by atoms with Crippen LogP contribution >= 0.6 is 0 Å². The summed E-state index contributed by atoms with van der Waals surface area (Å²) >= 11 is 0. The molecule has 276 valence electrons. The molecule has 1 spiro atoms. The first kappa shape index (κ1) is 34.4. The third-order valence-corrected chi connectivity index (χ3v) is 14.1. The molecular formula is C53H54N2. The average Bonchev–Trinajstić information content (AvgIpc) is 3.78. The topological polar surface area (TPSA) is 6.48 Å². The molecule has 0 atom stereocenters. The molecule has 0 unspecified atom stereocenters. The molecule has 4 aliphatic carbocycles. The molecule has 6 aliphatic rings. The normalized spacial score (nSPS) is 21.4. The molecule has 0 N–H and O–H groups in total. The predicted octanol–water partition coefficient (Wildman–Crippen LogP) is 13.4. The fourth-order valence-electron chi connectivity index (χ4n) is 11.3. The van der Waals surface area contributed by atoms with Gasteiger partial charge >= 0.3 is 0 Å². The Hall–Kier alpha value is -5.08. The van der Waals surface area contributed by atoms with Gasteiger partial charge in [-0.15, -0.1) is 0 Å². The molecular weight excluding hydrogens is 665 g/mol. The Morgan fingerprint density at radius 2 is 1.38 bits per heavy atom. The number of allylic oxidation sites excluding steroid dienone is 9. The molecule has 0 aromatic heterocycles. The molecule has 2 nitrogen and oxygen atoms in total. The minimum atomic E-state index is -0.164. The third kappa shape index (κ3) is 5.58. The first-order valence-corrected chi connectivity index (χ1v) is 21.1. The Morgan fingerprint density at radius 3 is 2.15 bits per heavy atom. The lowest BCUT2D eigenvalue weighted by Gasteiger charge is -2.35. The van der Waals surface area contributed by atoms with Gasteiger partial charge in [0.25, 0.3) is 0 Å². The van der Waals surface area contributed by atoms with Crippen LogP contribution in [0.5, 0.6) is 0 Å². The van der Waals surface area contributed by atoms with Crippen molar-refractivity contribution in [3.63, 3.8) is 0 Å². The second kappa shape index (κ2) is 13.3. The molecule has 0 bridgehead atoms. The van der Waals surface area contributed by atoms with E-state index < -0.39 is 0 Å². The number of para-hydroxylation sites is 2. The molecule has 1 fully saturated rings. The van der Waals surface area contributed by atoms with Crippen LogP contribution in [0.25, 0.3) is 17.2 Å². The van der Waals surface area contributed by atoms with E-state index in [0.717, 1.165) is 37.1 Å². The lowest BCUT2D eigenvalue weighted by Crippen LogP contribution is -2.29. The highest BCUT2D eigenvalue weighted by atomic mass is 15.2. The van der Waals surface area contributed by atoms with Crippen molar-refractivity contribution in [2.24, 2.45) is 0 Å². The highest BCUT2D eigenvalue weighted by Gasteiger charge is 2.46. The Labute approximate surface area is 329 Å². The Bertz CT molecular complexity index is 2380. The van der Waals surface area contributed by atoms with Gasteiger partial charge in [0.05, 0.1) is 0 Å². The van der Waals surface area contributed by atoms with E-state index in [9.17, 15) is 0 Å². The lowest BCUT2D eigenvalue weighted by molar-refractivity contribution is 0.543. The number of rotatable bonds is 5. The van der Waals surface area contributed by atoms with Crippen molar-refractivity contribution < 1.29 is 0 Å². The fourth-order valence-corrected chi connectivity index (χ4v) is 11.3. The molecule has 1 saturated carbocycles. The number of aryl methyl sites for hydroxylation is 2. The van der Waals surface area contributed by atoms with E-state index in [4.69, 9.17) is 0 Å². The standard InChI is InChI=1S/C53H54N2/c1-36(32-46-37(2)43-27-25-42(34-47(43)52(46,3)4)55-31-13-17-40-15-6-8-21-51(40)55)22-23-38-24-26-45-44-19-11-18-41(54-30-12-16-39-14-5-7-20-50(39)54)35-49(44)53(48(45)33-38)28-9-10-29-53/h5-8,14-15,20-27,32-35H,1-2,9-13,16-19,28-31H2,3-4H3. The van der Waals surface area contributed by atoms with Crippen molar-refractivity contribution >= 4 is 34.3 Å². The van der Waals surface area contributed by atoms with Gasteiger partial charge in [-0.25, -0.2) is 0 Å². The molecule has 0 radical (unpaired) electrons. The molecule has 10 rings (SSSR count). The SMILES string of the molecule is C=C(C=Cc1ccc2c(c1)C1(CCCC1)C1=C2CCCC(N2CCCc3ccccc32)=C1)C=C1C(=C)c2ccc(N3CCCc4ccccc43)cc2C1(C)C. The number of fused-ring (bicyclic) bond motifs is 7. The van der Waals surface area contributed by atoms with Crippen molar-refractivity contribution in [1.29, 1.82) is 0 Å². The Balaban J connectivity index is 0.922. The molecule has 4 aromatic rings. The molecule has 55 heavy (non-hydrogen) atoms. The maximum absolute atomic E-state index is 4.63. The van der Waals surface area contributed by atoms with Crippen LogP contribution in [0.2, 0.25) is 0 Å². The average molecular weight is 719 g/mol. The van der Waals surface area contributed by atoms with Gasteiger partial charge in [0, 0.05) is 46.7 Å². The zero-order valence-electron chi connectivity index (χ0n) is 32.9. The highest BCUT2D eigenvalue weighted by molar-refractivity contribution is 5.91. The van der Waals surface area contributed by atoms with Crippen LogP contribution in [0.4, 0.5) is 17.1 Å². The summed E-state index contributed by atoms with van der Waals surface area (Å²) in [6.45, 7) is 16.1. The van der Waals surface area contributed by atoms with Crippen LogP contribution in [0.1, 0.15) is 111 Å². The largest absolute Gasteiger partial charge is 0.345 e. The minimum absolute atomic E-state index is 0.144. The number of anilines is 3. The second-order valence-corrected chi connectivity index (χ2v) is 17.5. The van der Waals surface area contributed by atoms with Gasteiger partial charge in [-0.3, -0.25) is 0 Å². The van der Waals surface area contributed by atoms with Gasteiger partial charge in [0.15, 0.2) is 0 Å². The maximum Gasteiger partial charge on any atom is 0.0443 e. The number of hydrogen-bond acceptors (Lipinski definition) is 2. The van der Waals surface area contributed by atoms with Gasteiger partial charge in [0.1, 0.15) is 0 Å². The molecule has 2 heterocycles. The lowest BCUT2D eigenvalue weighted by atomic mass is 9.75. The molecule has 2 aliphatic heterocycles. The van der Waals surface area contributed by atoms with Crippen LogP contribution in [-0.4, -0.2) is 13.1 Å². The van der Waals surface area contributed by atoms with Crippen LogP contribution < -0.4 is 9.80 Å². The zero-order valence-corrected chi connectivity index (χ0v) is 32.9. The first-order chi connectivity index (χ1) is 26.8. The minimum Gasteiger partial charge on any atom is -0.345 e. The summed E-state index contributed by atoms with van der Waals surface area (Å²) in [6, 6.07) is 32.3. The van der Waals surface area contributed by atoms with E-state index in [-0.39, 0.29) is 10.8 Å². The zero-order chi connectivity index (χ0) is 37.3. The van der Waals surface area contributed by atoms with Crippen LogP contribution in [-0.2, 0) is 23.7 Å². The van der Waals surface area contributed by atoms with Crippen molar-refractivity contribution in [1.82, 2.24) is 0 Å². The predicted molar refractivity (Wildman–Crippen MR) is 234 cm³/mol. The number of nitrogens with zero attached hydrogens (tertiary/aromatic N) is 2. The van der Waals surface area contributed by atoms with Crippen molar-refractivity contribution in [2.45, 2.75) is 95.3 Å². The summed E-state index contributed by atoms with van der Waals surface area (Å²) in [5.41, 5.74) is 22.2. The summed E-state index contributed by atoms with van der Waals surface area (Å²) in [5, 5.41) is 0. The summed E-state index contributed by atoms with van der Waals surface area (Å²) in [6.07, 6.45) is 22.9. The first-order valence-electron chi connectivity index (χ1n) is 21.1. The van der Waals surface area contributed by atoms with Crippen LogP contribution in [0.3, 0.4) is 0 Å². The molecule has 4 aromatic carbocycles. The number of benzene rings is 4. The van der Waals surface area contributed by atoms with Crippen molar-refractivity contribution in [2.75, 3.05) is 22.9 Å². The van der Waals surface area contributed by atoms with E-state index >= 15 is 0 Å². The van der Waals surface area contributed by atoms with E-state index in [1.54, 1.807) is 16.7 Å². The van der Waals surface area contributed by atoms with E-state index in [0.29, 0.717) is 0 Å². The maximum atomic E-state index is 4.63. The smallest absolute Gasteiger partial charge is 0.0443 e. The molecule has 2 heteroatoms. The number of hydrogen-bond donors (Lipinski definition) is 0. The van der Waals surface area contributed by atoms with Crippen molar-refractivity contribution in [3.05, 3.63) is 178 Å². The summed E-state index contributed by atoms with van der Waals surface area (Å²) in [4.78, 5) is 5.17.